The highest BCUT2D eigenvalue weighted by atomic mass is 35.5. The summed E-state index contributed by atoms with van der Waals surface area (Å²) >= 11 is 5.75. The number of hydrogen-bond donors (Lipinski definition) is 1. The van der Waals surface area contributed by atoms with Crippen molar-refractivity contribution in [3.63, 3.8) is 0 Å². The van der Waals surface area contributed by atoms with Crippen LogP contribution >= 0.6 is 11.6 Å². The molecular weight excluding hydrogens is 266 g/mol. The van der Waals surface area contributed by atoms with E-state index in [4.69, 9.17) is 16.3 Å². The van der Waals surface area contributed by atoms with E-state index in [1.807, 2.05) is 0 Å². The van der Waals surface area contributed by atoms with Crippen LogP contribution in [0.4, 0.5) is 10.5 Å². The number of carbonyl (C=O) groups is 1. The van der Waals surface area contributed by atoms with Crippen LogP contribution in [-0.4, -0.2) is 20.8 Å². The second-order valence-corrected chi connectivity index (χ2v) is 10.7. The third-order valence-electron chi connectivity index (χ3n) is 2.53. The lowest BCUT2D eigenvalue weighted by Crippen LogP contribution is -2.28. The van der Waals surface area contributed by atoms with Gasteiger partial charge < -0.3 is 4.74 Å². The van der Waals surface area contributed by atoms with E-state index in [1.165, 1.54) is 0 Å². The molecule has 0 radical (unpaired) electrons. The van der Waals surface area contributed by atoms with E-state index < -0.39 is 14.2 Å². The van der Waals surface area contributed by atoms with Gasteiger partial charge in [0.2, 0.25) is 0 Å². The Labute approximate surface area is 114 Å². The van der Waals surface area contributed by atoms with Crippen molar-refractivity contribution in [1.29, 1.82) is 0 Å². The molecule has 0 aliphatic carbocycles. The number of anilines is 1. The summed E-state index contributed by atoms with van der Waals surface area (Å²) in [6, 6.07) is 6.85. The molecule has 0 aliphatic rings. The van der Waals surface area contributed by atoms with Crippen LogP contribution in [0.2, 0.25) is 24.7 Å². The van der Waals surface area contributed by atoms with Crippen LogP contribution in [0.3, 0.4) is 0 Å². The molecule has 0 fully saturated rings. The van der Waals surface area contributed by atoms with E-state index in [1.54, 1.807) is 24.3 Å². The first kappa shape index (κ1) is 14.8. The van der Waals surface area contributed by atoms with Crippen LogP contribution in [0.25, 0.3) is 0 Å². The van der Waals surface area contributed by atoms with Gasteiger partial charge in [0.1, 0.15) is 6.61 Å². The summed E-state index contributed by atoms with van der Waals surface area (Å²) in [7, 11) is -1.44. The first-order valence-electron chi connectivity index (χ1n) is 5.66. The molecule has 1 amide bonds. The Hall–Kier alpha value is -1.26. The Bertz CT molecular complexity index is 437. The number of halogens is 1. The summed E-state index contributed by atoms with van der Waals surface area (Å²) in [5.41, 5.74) is 0.656. The SMILES string of the molecule is C=C(COC(=O)Nc1ccc(Cl)cc1)[Si](C)(C)C. The van der Waals surface area contributed by atoms with Gasteiger partial charge in [0.05, 0.1) is 8.07 Å². The number of rotatable bonds is 4. The molecule has 1 N–H and O–H groups in total. The predicted octanol–water partition coefficient (Wildman–Crippen LogP) is 4.32. The van der Waals surface area contributed by atoms with Crippen LogP contribution in [-0.2, 0) is 4.74 Å². The normalized spacial score (nSPS) is 10.9. The zero-order valence-corrected chi connectivity index (χ0v) is 12.7. The maximum absolute atomic E-state index is 11.5. The maximum atomic E-state index is 11.5. The number of ether oxygens (including phenoxy) is 1. The first-order valence-corrected chi connectivity index (χ1v) is 9.54. The molecule has 3 nitrogen and oxygen atoms in total. The number of nitrogens with one attached hydrogen (secondary N) is 1. The van der Waals surface area contributed by atoms with Crippen molar-refractivity contribution < 1.29 is 9.53 Å². The zero-order chi connectivity index (χ0) is 13.8. The Kier molecular flexibility index (Phi) is 4.99. The molecule has 0 saturated carbocycles. The van der Waals surface area contributed by atoms with E-state index in [9.17, 15) is 4.79 Å². The minimum atomic E-state index is -1.44. The molecule has 98 valence electrons. The number of benzene rings is 1. The van der Waals surface area contributed by atoms with Gasteiger partial charge in [-0.1, -0.05) is 36.4 Å². The van der Waals surface area contributed by atoms with Gasteiger partial charge in [-0.05, 0) is 24.3 Å². The summed E-state index contributed by atoms with van der Waals surface area (Å²) in [4.78, 5) is 11.5. The predicted molar refractivity (Wildman–Crippen MR) is 78.9 cm³/mol. The third-order valence-corrected chi connectivity index (χ3v) is 5.05. The lowest BCUT2D eigenvalue weighted by atomic mass is 10.3. The minimum Gasteiger partial charge on any atom is -0.445 e. The molecule has 0 aromatic heterocycles. The van der Waals surface area contributed by atoms with Crippen LogP contribution < -0.4 is 5.32 Å². The Morgan fingerprint density at radius 1 is 1.33 bits per heavy atom. The van der Waals surface area contributed by atoms with Gasteiger partial charge in [-0.25, -0.2) is 4.79 Å². The van der Waals surface area contributed by atoms with Gasteiger partial charge >= 0.3 is 6.09 Å². The fourth-order valence-corrected chi connectivity index (χ4v) is 1.69. The van der Waals surface area contributed by atoms with Crippen molar-refractivity contribution in [2.45, 2.75) is 19.6 Å². The second-order valence-electron chi connectivity index (χ2n) is 5.06. The summed E-state index contributed by atoms with van der Waals surface area (Å²) in [5.74, 6) is 0. The monoisotopic (exact) mass is 283 g/mol. The van der Waals surface area contributed by atoms with Crippen molar-refractivity contribution in [2.75, 3.05) is 11.9 Å². The quantitative estimate of drug-likeness (QED) is 0.836. The van der Waals surface area contributed by atoms with E-state index >= 15 is 0 Å². The molecule has 18 heavy (non-hydrogen) atoms. The summed E-state index contributed by atoms with van der Waals surface area (Å²) < 4.78 is 5.12. The van der Waals surface area contributed by atoms with Gasteiger partial charge in [-0.15, -0.1) is 6.58 Å². The zero-order valence-electron chi connectivity index (χ0n) is 10.9. The first-order chi connectivity index (χ1) is 8.29. The lowest BCUT2D eigenvalue weighted by molar-refractivity contribution is 0.173. The van der Waals surface area contributed by atoms with Crippen LogP contribution in [0.1, 0.15) is 0 Å². The third kappa shape index (κ3) is 4.94. The molecule has 0 saturated heterocycles. The molecular formula is C13H18ClNO2Si. The largest absolute Gasteiger partial charge is 0.445 e. The van der Waals surface area contributed by atoms with E-state index in [2.05, 4.69) is 31.5 Å². The Morgan fingerprint density at radius 3 is 2.39 bits per heavy atom. The van der Waals surface area contributed by atoms with E-state index in [0.717, 1.165) is 5.20 Å². The molecule has 5 heteroatoms. The Balaban J connectivity index is 2.43. The molecule has 1 rings (SSSR count). The highest BCUT2D eigenvalue weighted by Gasteiger charge is 2.18. The lowest BCUT2D eigenvalue weighted by Gasteiger charge is -2.19. The second kappa shape index (κ2) is 6.07. The summed E-state index contributed by atoms with van der Waals surface area (Å²) in [5, 5.41) is 4.26. The standard InChI is InChI=1S/C13H18ClNO2Si/c1-10(18(2,3)4)9-17-13(16)15-12-7-5-11(14)6-8-12/h5-8H,1,9H2,2-4H3,(H,15,16). The van der Waals surface area contributed by atoms with Crippen LogP contribution in [0, 0.1) is 0 Å². The van der Waals surface area contributed by atoms with Gasteiger partial charge in [0.25, 0.3) is 0 Å². The van der Waals surface area contributed by atoms with Crippen LogP contribution in [0.5, 0.6) is 0 Å². The smallest absolute Gasteiger partial charge is 0.411 e. The highest BCUT2D eigenvalue weighted by Crippen LogP contribution is 2.15. The fourth-order valence-electron chi connectivity index (χ4n) is 1.06. The van der Waals surface area contributed by atoms with Crippen molar-refractivity contribution in [3.8, 4) is 0 Å². The molecule has 0 atom stereocenters. The molecule has 1 aromatic rings. The number of carbonyl (C=O) groups excluding carboxylic acids is 1. The highest BCUT2D eigenvalue weighted by molar-refractivity contribution is 6.83. The number of amides is 1. The van der Waals surface area contributed by atoms with Crippen molar-refractivity contribution in [2.24, 2.45) is 0 Å². The van der Waals surface area contributed by atoms with Gasteiger partial charge in [0, 0.05) is 10.7 Å². The van der Waals surface area contributed by atoms with Crippen molar-refractivity contribution in [1.82, 2.24) is 0 Å². The van der Waals surface area contributed by atoms with E-state index in [-0.39, 0.29) is 6.61 Å². The topological polar surface area (TPSA) is 38.3 Å². The molecule has 0 heterocycles. The van der Waals surface area contributed by atoms with Crippen LogP contribution in [0.15, 0.2) is 36.0 Å². The fraction of sp³-hybridized carbons (Fsp3) is 0.308. The Morgan fingerprint density at radius 2 is 1.89 bits per heavy atom. The minimum absolute atomic E-state index is 0.273. The summed E-state index contributed by atoms with van der Waals surface area (Å²) in [6.45, 7) is 10.7. The molecule has 0 bridgehead atoms. The molecule has 1 aromatic carbocycles. The molecule has 0 unspecified atom stereocenters. The van der Waals surface area contributed by atoms with Gasteiger partial charge in [0.15, 0.2) is 0 Å². The molecule has 0 aliphatic heterocycles. The summed E-state index contributed by atoms with van der Waals surface area (Å²) in [6.07, 6.45) is -0.475. The average Bonchev–Trinajstić information content (AvgIpc) is 2.28. The van der Waals surface area contributed by atoms with Crippen molar-refractivity contribution >= 4 is 31.5 Å². The van der Waals surface area contributed by atoms with Gasteiger partial charge in [-0.3, -0.25) is 5.32 Å². The number of hydrogen-bond acceptors (Lipinski definition) is 2. The van der Waals surface area contributed by atoms with E-state index in [0.29, 0.717) is 10.7 Å². The maximum Gasteiger partial charge on any atom is 0.411 e. The average molecular weight is 284 g/mol. The van der Waals surface area contributed by atoms with Crippen molar-refractivity contribution in [3.05, 3.63) is 41.1 Å². The molecule has 0 spiro atoms. The van der Waals surface area contributed by atoms with Gasteiger partial charge in [-0.2, -0.15) is 0 Å².